The molecular formula is C16H15Cl4N. The first-order valence-corrected chi connectivity index (χ1v) is 8.13. The SMILES string of the molecule is CCNC(C)c1cccc(-c2c(Cl)c(Cl)cc(Cl)c2Cl)c1. The molecule has 2 aromatic rings. The van der Waals surface area contributed by atoms with E-state index in [0.29, 0.717) is 25.7 Å². The molecule has 1 N–H and O–H groups in total. The van der Waals surface area contributed by atoms with Crippen LogP contribution >= 0.6 is 46.4 Å². The second-order valence-corrected chi connectivity index (χ2v) is 6.32. The van der Waals surface area contributed by atoms with E-state index in [-0.39, 0.29) is 6.04 Å². The number of benzene rings is 2. The lowest BCUT2D eigenvalue weighted by atomic mass is 10.00. The van der Waals surface area contributed by atoms with E-state index in [2.05, 4.69) is 25.2 Å². The zero-order valence-electron chi connectivity index (χ0n) is 11.7. The summed E-state index contributed by atoms with van der Waals surface area (Å²) in [7, 11) is 0. The van der Waals surface area contributed by atoms with E-state index >= 15 is 0 Å². The smallest absolute Gasteiger partial charge is 0.0686 e. The summed E-state index contributed by atoms with van der Waals surface area (Å²) in [6.45, 7) is 5.08. The molecule has 2 rings (SSSR count). The Bertz CT molecular complexity index is 629. The highest BCUT2D eigenvalue weighted by Crippen LogP contribution is 2.43. The van der Waals surface area contributed by atoms with Gasteiger partial charge in [-0.25, -0.2) is 0 Å². The zero-order valence-corrected chi connectivity index (χ0v) is 14.7. The van der Waals surface area contributed by atoms with Gasteiger partial charge in [0.05, 0.1) is 20.1 Å². The number of nitrogens with one attached hydrogen (secondary N) is 1. The van der Waals surface area contributed by atoms with Crippen LogP contribution in [0.2, 0.25) is 20.1 Å². The minimum Gasteiger partial charge on any atom is -0.310 e. The van der Waals surface area contributed by atoms with Gasteiger partial charge in [0.2, 0.25) is 0 Å². The minimum atomic E-state index is 0.238. The molecule has 2 aromatic carbocycles. The number of hydrogen-bond donors (Lipinski definition) is 1. The van der Waals surface area contributed by atoms with Crippen LogP contribution in [0.15, 0.2) is 30.3 Å². The van der Waals surface area contributed by atoms with Crippen LogP contribution in [0.1, 0.15) is 25.5 Å². The molecule has 0 saturated heterocycles. The Morgan fingerprint density at radius 3 is 2.19 bits per heavy atom. The van der Waals surface area contributed by atoms with Crippen molar-refractivity contribution in [1.82, 2.24) is 5.32 Å². The van der Waals surface area contributed by atoms with Crippen LogP contribution in [0.4, 0.5) is 0 Å². The molecule has 0 heterocycles. The molecule has 0 aliphatic rings. The molecule has 21 heavy (non-hydrogen) atoms. The lowest BCUT2D eigenvalue weighted by Crippen LogP contribution is -2.17. The monoisotopic (exact) mass is 361 g/mol. The summed E-state index contributed by atoms with van der Waals surface area (Å²) in [5.74, 6) is 0. The van der Waals surface area contributed by atoms with Crippen molar-refractivity contribution >= 4 is 46.4 Å². The van der Waals surface area contributed by atoms with Crippen molar-refractivity contribution in [3.8, 4) is 11.1 Å². The topological polar surface area (TPSA) is 12.0 Å². The summed E-state index contributed by atoms with van der Waals surface area (Å²) < 4.78 is 0. The van der Waals surface area contributed by atoms with Crippen molar-refractivity contribution in [3.05, 3.63) is 56.0 Å². The van der Waals surface area contributed by atoms with Gasteiger partial charge >= 0.3 is 0 Å². The highest BCUT2D eigenvalue weighted by atomic mass is 35.5. The maximum absolute atomic E-state index is 6.31. The van der Waals surface area contributed by atoms with Gasteiger partial charge < -0.3 is 5.32 Å². The molecular weight excluding hydrogens is 348 g/mol. The van der Waals surface area contributed by atoms with Crippen molar-refractivity contribution in [3.63, 3.8) is 0 Å². The fourth-order valence-electron chi connectivity index (χ4n) is 2.21. The molecule has 1 nitrogen and oxygen atoms in total. The Hall–Kier alpha value is -0.440. The van der Waals surface area contributed by atoms with Gasteiger partial charge in [-0.2, -0.15) is 0 Å². The molecule has 0 spiro atoms. The van der Waals surface area contributed by atoms with Crippen molar-refractivity contribution < 1.29 is 0 Å². The van der Waals surface area contributed by atoms with Gasteiger partial charge in [0.1, 0.15) is 0 Å². The Morgan fingerprint density at radius 2 is 1.62 bits per heavy atom. The van der Waals surface area contributed by atoms with Gasteiger partial charge in [0, 0.05) is 11.6 Å². The zero-order chi connectivity index (χ0) is 15.6. The van der Waals surface area contributed by atoms with E-state index in [1.165, 1.54) is 0 Å². The number of halogens is 4. The molecule has 0 radical (unpaired) electrons. The van der Waals surface area contributed by atoms with Crippen molar-refractivity contribution in [2.24, 2.45) is 0 Å². The van der Waals surface area contributed by atoms with Crippen LogP contribution in [-0.2, 0) is 0 Å². The molecule has 0 aliphatic carbocycles. The Labute approximate surface area is 145 Å². The third-order valence-electron chi connectivity index (χ3n) is 3.30. The van der Waals surface area contributed by atoms with E-state index in [1.54, 1.807) is 6.07 Å². The van der Waals surface area contributed by atoms with Crippen LogP contribution < -0.4 is 5.32 Å². The van der Waals surface area contributed by atoms with Gasteiger partial charge in [-0.1, -0.05) is 71.5 Å². The number of rotatable bonds is 4. The Kier molecular flexibility index (Phi) is 5.81. The molecule has 112 valence electrons. The minimum absolute atomic E-state index is 0.238. The van der Waals surface area contributed by atoms with Gasteiger partial charge in [-0.05, 0) is 36.7 Å². The van der Waals surface area contributed by atoms with Crippen LogP contribution in [0, 0.1) is 0 Å². The van der Waals surface area contributed by atoms with Crippen molar-refractivity contribution in [2.75, 3.05) is 6.54 Å². The van der Waals surface area contributed by atoms with E-state index in [0.717, 1.165) is 17.7 Å². The van der Waals surface area contributed by atoms with Crippen molar-refractivity contribution in [1.29, 1.82) is 0 Å². The Morgan fingerprint density at radius 1 is 1.00 bits per heavy atom. The van der Waals surface area contributed by atoms with Gasteiger partial charge in [0.25, 0.3) is 0 Å². The molecule has 1 unspecified atom stereocenters. The summed E-state index contributed by atoms with van der Waals surface area (Å²) in [5.41, 5.74) is 2.72. The molecule has 0 amide bonds. The summed E-state index contributed by atoms with van der Waals surface area (Å²) in [6, 6.07) is 9.82. The molecule has 0 bridgehead atoms. The van der Waals surface area contributed by atoms with E-state index in [9.17, 15) is 0 Å². The van der Waals surface area contributed by atoms with Crippen LogP contribution in [-0.4, -0.2) is 6.54 Å². The second-order valence-electron chi connectivity index (χ2n) is 4.75. The summed E-state index contributed by atoms with van der Waals surface area (Å²) in [4.78, 5) is 0. The first kappa shape index (κ1) is 16.9. The van der Waals surface area contributed by atoms with Gasteiger partial charge in [-0.15, -0.1) is 0 Å². The van der Waals surface area contributed by atoms with Gasteiger partial charge in [-0.3, -0.25) is 0 Å². The molecule has 0 fully saturated rings. The normalized spacial score (nSPS) is 12.5. The standard InChI is InChI=1S/C16H15Cl4N/c1-3-21-9(2)10-5-4-6-11(7-10)14-15(19)12(17)8-13(18)16(14)20/h4-9,21H,3H2,1-2H3. The van der Waals surface area contributed by atoms with E-state index in [1.807, 2.05) is 18.2 Å². The Balaban J connectivity index is 2.55. The maximum Gasteiger partial charge on any atom is 0.0686 e. The van der Waals surface area contributed by atoms with E-state index in [4.69, 9.17) is 46.4 Å². The van der Waals surface area contributed by atoms with Crippen LogP contribution in [0.3, 0.4) is 0 Å². The summed E-state index contributed by atoms with van der Waals surface area (Å²) in [6.07, 6.45) is 0. The first-order chi connectivity index (χ1) is 9.95. The quantitative estimate of drug-likeness (QED) is 0.601. The average molecular weight is 363 g/mol. The third kappa shape index (κ3) is 3.67. The van der Waals surface area contributed by atoms with Crippen molar-refractivity contribution in [2.45, 2.75) is 19.9 Å². The number of hydrogen-bond acceptors (Lipinski definition) is 1. The summed E-state index contributed by atoms with van der Waals surface area (Å²) in [5, 5.41) is 5.00. The molecule has 5 heteroatoms. The molecule has 0 aromatic heterocycles. The lowest BCUT2D eigenvalue weighted by Gasteiger charge is -2.16. The second kappa shape index (κ2) is 7.21. The predicted octanol–water partition coefficient (Wildman–Crippen LogP) is 6.64. The maximum atomic E-state index is 6.31. The predicted molar refractivity (Wildman–Crippen MR) is 94.0 cm³/mol. The van der Waals surface area contributed by atoms with E-state index < -0.39 is 0 Å². The van der Waals surface area contributed by atoms with Gasteiger partial charge in [0.15, 0.2) is 0 Å². The summed E-state index contributed by atoms with van der Waals surface area (Å²) >= 11 is 24.8. The van der Waals surface area contributed by atoms with Crippen LogP contribution in [0.25, 0.3) is 11.1 Å². The highest BCUT2D eigenvalue weighted by Gasteiger charge is 2.16. The molecule has 0 aliphatic heterocycles. The highest BCUT2D eigenvalue weighted by molar-refractivity contribution is 6.50. The first-order valence-electron chi connectivity index (χ1n) is 6.62. The third-order valence-corrected chi connectivity index (χ3v) is 4.87. The average Bonchev–Trinajstić information content (AvgIpc) is 2.46. The fourth-order valence-corrected chi connectivity index (χ4v) is 3.24. The largest absolute Gasteiger partial charge is 0.310 e. The lowest BCUT2D eigenvalue weighted by molar-refractivity contribution is 0.598. The fraction of sp³-hybridized carbons (Fsp3) is 0.250. The molecule has 1 atom stereocenters. The molecule has 0 saturated carbocycles. The van der Waals surface area contributed by atoms with Crippen LogP contribution in [0.5, 0.6) is 0 Å².